The molecule has 25 heavy (non-hydrogen) atoms. The van der Waals surface area contributed by atoms with Crippen molar-refractivity contribution in [2.75, 3.05) is 11.9 Å². The Bertz CT molecular complexity index is 781. The minimum Gasteiger partial charge on any atom is -0.483 e. The fourth-order valence-electron chi connectivity index (χ4n) is 2.05. The lowest BCUT2D eigenvalue weighted by Gasteiger charge is -2.13. The fourth-order valence-corrected chi connectivity index (χ4v) is 2.85. The van der Waals surface area contributed by atoms with Crippen LogP contribution in [-0.4, -0.2) is 24.5 Å². The largest absolute Gasteiger partial charge is 0.483 e. The number of carbonyl (C=O) groups excluding carboxylic acids is 2. The first-order valence-electron chi connectivity index (χ1n) is 7.64. The van der Waals surface area contributed by atoms with E-state index >= 15 is 0 Å². The lowest BCUT2D eigenvalue weighted by molar-refractivity contribution is -0.118. The highest BCUT2D eigenvalue weighted by Crippen LogP contribution is 2.28. The Labute approximate surface area is 159 Å². The van der Waals surface area contributed by atoms with E-state index in [1.165, 1.54) is 0 Å². The minimum atomic E-state index is -0.369. The summed E-state index contributed by atoms with van der Waals surface area (Å²) in [5.41, 5.74) is 0.835. The number of carbonyl (C=O) groups is 2. The van der Waals surface area contributed by atoms with Crippen LogP contribution in [0.4, 0.5) is 5.69 Å². The van der Waals surface area contributed by atoms with Gasteiger partial charge in [-0.1, -0.05) is 23.7 Å². The van der Waals surface area contributed by atoms with Crippen molar-refractivity contribution >= 4 is 45.0 Å². The zero-order valence-electron chi connectivity index (χ0n) is 13.8. The maximum absolute atomic E-state index is 12.2. The predicted octanol–water partition coefficient (Wildman–Crippen LogP) is 4.26. The molecule has 0 fully saturated rings. The molecule has 2 aromatic rings. The minimum absolute atomic E-state index is 0.00171. The third-order valence-corrected chi connectivity index (χ3v) is 3.97. The summed E-state index contributed by atoms with van der Waals surface area (Å²) in [6.07, 6.45) is 0. The van der Waals surface area contributed by atoms with Gasteiger partial charge in [-0.3, -0.25) is 9.59 Å². The van der Waals surface area contributed by atoms with Crippen molar-refractivity contribution in [3.63, 3.8) is 0 Å². The van der Waals surface area contributed by atoms with Crippen molar-refractivity contribution in [2.45, 2.75) is 19.9 Å². The molecule has 0 saturated carbocycles. The molecule has 0 unspecified atom stereocenters. The van der Waals surface area contributed by atoms with Crippen LogP contribution in [0.5, 0.6) is 5.75 Å². The van der Waals surface area contributed by atoms with Gasteiger partial charge in [0.2, 0.25) is 0 Å². The van der Waals surface area contributed by atoms with Gasteiger partial charge in [0.25, 0.3) is 11.8 Å². The Morgan fingerprint density at radius 3 is 2.60 bits per heavy atom. The fraction of sp³-hybridized carbons (Fsp3) is 0.222. The van der Waals surface area contributed by atoms with Crippen molar-refractivity contribution in [3.8, 4) is 5.75 Å². The van der Waals surface area contributed by atoms with E-state index < -0.39 is 0 Å². The second-order valence-electron chi connectivity index (χ2n) is 5.59. The first kappa shape index (κ1) is 19.3. The normalized spacial score (nSPS) is 10.4. The van der Waals surface area contributed by atoms with Gasteiger partial charge in [-0.25, -0.2) is 0 Å². The summed E-state index contributed by atoms with van der Waals surface area (Å²) in [6.45, 7) is 3.55. The van der Waals surface area contributed by atoms with E-state index in [9.17, 15) is 9.59 Å². The van der Waals surface area contributed by atoms with E-state index in [2.05, 4.69) is 26.6 Å². The third kappa shape index (κ3) is 5.76. The number of halogens is 2. The van der Waals surface area contributed by atoms with Gasteiger partial charge in [-0.2, -0.15) is 0 Å². The first-order valence-corrected chi connectivity index (χ1v) is 8.81. The summed E-state index contributed by atoms with van der Waals surface area (Å²) in [5.74, 6) is -0.107. The summed E-state index contributed by atoms with van der Waals surface area (Å²) >= 11 is 9.19. The topological polar surface area (TPSA) is 67.4 Å². The highest BCUT2D eigenvalue weighted by Gasteiger charge is 2.14. The summed E-state index contributed by atoms with van der Waals surface area (Å²) in [5, 5.41) is 6.07. The summed E-state index contributed by atoms with van der Waals surface area (Å²) in [4.78, 5) is 24.4. The van der Waals surface area contributed by atoms with Crippen LogP contribution < -0.4 is 15.4 Å². The number of para-hydroxylation sites is 1. The molecule has 0 aliphatic rings. The number of nitrogens with one attached hydrogen (secondary N) is 2. The number of hydrogen-bond acceptors (Lipinski definition) is 3. The number of amides is 2. The van der Waals surface area contributed by atoms with E-state index in [-0.39, 0.29) is 24.5 Å². The molecule has 0 aromatic heterocycles. The molecule has 0 atom stereocenters. The smallest absolute Gasteiger partial charge is 0.262 e. The molecular weight excluding hydrogens is 408 g/mol. The zero-order valence-corrected chi connectivity index (χ0v) is 16.1. The molecule has 0 aliphatic heterocycles. The Morgan fingerprint density at radius 1 is 1.20 bits per heavy atom. The molecule has 0 aliphatic carbocycles. The van der Waals surface area contributed by atoms with Crippen LogP contribution in [0.1, 0.15) is 24.2 Å². The monoisotopic (exact) mass is 424 g/mol. The highest BCUT2D eigenvalue weighted by atomic mass is 79.9. The lowest BCUT2D eigenvalue weighted by Crippen LogP contribution is -2.31. The van der Waals surface area contributed by atoms with Gasteiger partial charge in [0, 0.05) is 11.1 Å². The molecule has 2 amide bonds. The molecule has 0 saturated heterocycles. The van der Waals surface area contributed by atoms with Crippen molar-refractivity contribution < 1.29 is 14.3 Å². The average Bonchev–Trinajstić information content (AvgIpc) is 2.54. The summed E-state index contributed by atoms with van der Waals surface area (Å²) < 4.78 is 6.13. The Balaban J connectivity index is 2.02. The average molecular weight is 426 g/mol. The molecule has 7 heteroatoms. The van der Waals surface area contributed by atoms with Gasteiger partial charge >= 0.3 is 0 Å². The molecule has 0 radical (unpaired) electrons. The summed E-state index contributed by atoms with van der Waals surface area (Å²) in [7, 11) is 0. The molecule has 0 spiro atoms. The van der Waals surface area contributed by atoms with E-state index in [4.69, 9.17) is 16.3 Å². The maximum Gasteiger partial charge on any atom is 0.262 e. The second-order valence-corrected chi connectivity index (χ2v) is 6.88. The third-order valence-electron chi connectivity index (χ3n) is 3.12. The van der Waals surface area contributed by atoms with Gasteiger partial charge in [0.1, 0.15) is 5.75 Å². The van der Waals surface area contributed by atoms with Crippen LogP contribution in [0.15, 0.2) is 46.9 Å². The van der Waals surface area contributed by atoms with E-state index in [1.807, 2.05) is 13.8 Å². The van der Waals surface area contributed by atoms with Crippen LogP contribution >= 0.6 is 27.5 Å². The number of hydrogen-bond donors (Lipinski definition) is 2. The standard InChI is InChI=1S/C18H18BrClN2O3/c1-11(2)21-18(24)13-5-3-4-6-15(13)22-17(23)10-25-16-8-7-12(20)9-14(16)19/h3-9,11H,10H2,1-2H3,(H,21,24)(H,22,23). The molecule has 5 nitrogen and oxygen atoms in total. The van der Waals surface area contributed by atoms with E-state index in [0.29, 0.717) is 26.5 Å². The molecular formula is C18H18BrClN2O3. The Morgan fingerprint density at radius 2 is 1.92 bits per heavy atom. The van der Waals surface area contributed by atoms with Gasteiger partial charge in [0.05, 0.1) is 15.7 Å². The number of ether oxygens (including phenoxy) is 1. The van der Waals surface area contributed by atoms with Crippen LogP contribution in [0.3, 0.4) is 0 Å². The van der Waals surface area contributed by atoms with Crippen molar-refractivity contribution in [1.82, 2.24) is 5.32 Å². The molecule has 2 N–H and O–H groups in total. The number of benzene rings is 2. The lowest BCUT2D eigenvalue weighted by atomic mass is 10.1. The Kier molecular flexibility index (Phi) is 6.84. The van der Waals surface area contributed by atoms with Crippen LogP contribution in [0.2, 0.25) is 5.02 Å². The highest BCUT2D eigenvalue weighted by molar-refractivity contribution is 9.10. The van der Waals surface area contributed by atoms with E-state index in [1.54, 1.807) is 42.5 Å². The maximum atomic E-state index is 12.2. The van der Waals surface area contributed by atoms with Crippen molar-refractivity contribution in [1.29, 1.82) is 0 Å². The van der Waals surface area contributed by atoms with Crippen molar-refractivity contribution in [2.24, 2.45) is 0 Å². The molecule has 2 aromatic carbocycles. The molecule has 0 bridgehead atoms. The number of rotatable bonds is 6. The van der Waals surface area contributed by atoms with Gasteiger partial charge in [0.15, 0.2) is 6.61 Å². The molecule has 132 valence electrons. The van der Waals surface area contributed by atoms with Gasteiger partial charge in [-0.15, -0.1) is 0 Å². The Hall–Kier alpha value is -2.05. The zero-order chi connectivity index (χ0) is 18.4. The SMILES string of the molecule is CC(C)NC(=O)c1ccccc1NC(=O)COc1ccc(Cl)cc1Br. The van der Waals surface area contributed by atoms with Gasteiger partial charge < -0.3 is 15.4 Å². The van der Waals surface area contributed by atoms with Crippen molar-refractivity contribution in [3.05, 3.63) is 57.5 Å². The van der Waals surface area contributed by atoms with Gasteiger partial charge in [-0.05, 0) is 60.1 Å². The second kappa shape index (κ2) is 8.87. The first-order chi connectivity index (χ1) is 11.9. The molecule has 0 heterocycles. The van der Waals surface area contributed by atoms with Crippen LogP contribution in [0.25, 0.3) is 0 Å². The summed E-state index contributed by atoms with van der Waals surface area (Å²) in [6, 6.07) is 11.8. The predicted molar refractivity (Wildman–Crippen MR) is 102 cm³/mol. The van der Waals surface area contributed by atoms with Crippen LogP contribution in [0, 0.1) is 0 Å². The van der Waals surface area contributed by atoms with Crippen LogP contribution in [-0.2, 0) is 4.79 Å². The quantitative estimate of drug-likeness (QED) is 0.727. The number of anilines is 1. The van der Waals surface area contributed by atoms with E-state index in [0.717, 1.165) is 0 Å². The molecule has 2 rings (SSSR count).